The Kier molecular flexibility index (Phi) is 4.56. The first-order chi connectivity index (χ1) is 9.14. The van der Waals surface area contributed by atoms with Crippen LogP contribution in [0.3, 0.4) is 0 Å². The lowest BCUT2D eigenvalue weighted by Gasteiger charge is -2.23. The molecule has 19 heavy (non-hydrogen) atoms. The Morgan fingerprint density at radius 3 is 2.63 bits per heavy atom. The van der Waals surface area contributed by atoms with Gasteiger partial charge in [-0.1, -0.05) is 24.3 Å². The summed E-state index contributed by atoms with van der Waals surface area (Å²) in [7, 11) is 0. The smallest absolute Gasteiger partial charge is 0.240 e. The largest absolute Gasteiger partial charge is 0.392 e. The van der Waals surface area contributed by atoms with Gasteiger partial charge in [0.15, 0.2) is 0 Å². The lowest BCUT2D eigenvalue weighted by atomic mass is 9.99. The third-order valence-corrected chi connectivity index (χ3v) is 3.77. The molecule has 0 saturated carbocycles. The average Bonchev–Trinajstić information content (AvgIpc) is 2.88. The number of carbonyl (C=O) groups is 1. The van der Waals surface area contributed by atoms with Gasteiger partial charge in [-0.2, -0.15) is 0 Å². The van der Waals surface area contributed by atoms with Crippen LogP contribution in [-0.4, -0.2) is 29.6 Å². The molecule has 0 aromatic heterocycles. The SMILES string of the molecule is C[C@@]1(C(=O)NCCc2ccc(CO)cc2)CCCN1. The van der Waals surface area contributed by atoms with Gasteiger partial charge in [0.1, 0.15) is 0 Å². The second-order valence-electron chi connectivity index (χ2n) is 5.34. The summed E-state index contributed by atoms with van der Waals surface area (Å²) in [6.45, 7) is 3.60. The maximum absolute atomic E-state index is 12.1. The number of aliphatic hydroxyl groups excluding tert-OH is 1. The zero-order chi connectivity index (χ0) is 13.7. The van der Waals surface area contributed by atoms with Gasteiger partial charge in [-0.25, -0.2) is 0 Å². The topological polar surface area (TPSA) is 61.4 Å². The standard InChI is InChI=1S/C15H22N2O2/c1-15(8-2-9-17-15)14(19)16-10-7-12-3-5-13(11-18)6-4-12/h3-6,17-18H,2,7-11H2,1H3,(H,16,19)/t15-/m0/s1. The fourth-order valence-electron chi connectivity index (χ4n) is 2.42. The maximum Gasteiger partial charge on any atom is 0.240 e. The third kappa shape index (κ3) is 3.55. The fraction of sp³-hybridized carbons (Fsp3) is 0.533. The van der Waals surface area contributed by atoms with Crippen molar-refractivity contribution in [3.8, 4) is 0 Å². The number of hydrogen-bond donors (Lipinski definition) is 3. The van der Waals surface area contributed by atoms with Crippen molar-refractivity contribution in [3.05, 3.63) is 35.4 Å². The molecule has 2 rings (SSSR count). The summed E-state index contributed by atoms with van der Waals surface area (Å²) in [6, 6.07) is 7.81. The van der Waals surface area contributed by atoms with Crippen molar-refractivity contribution >= 4 is 5.91 Å². The van der Waals surface area contributed by atoms with E-state index in [-0.39, 0.29) is 18.1 Å². The number of rotatable bonds is 5. The average molecular weight is 262 g/mol. The Morgan fingerprint density at radius 1 is 1.37 bits per heavy atom. The van der Waals surface area contributed by atoms with Crippen LogP contribution in [0.1, 0.15) is 30.9 Å². The minimum Gasteiger partial charge on any atom is -0.392 e. The van der Waals surface area contributed by atoms with E-state index in [1.807, 2.05) is 31.2 Å². The van der Waals surface area contributed by atoms with E-state index in [1.165, 1.54) is 5.56 Å². The van der Waals surface area contributed by atoms with Gasteiger partial charge in [-0.05, 0) is 43.9 Å². The van der Waals surface area contributed by atoms with Gasteiger partial charge >= 0.3 is 0 Å². The molecule has 4 nitrogen and oxygen atoms in total. The second kappa shape index (κ2) is 6.17. The zero-order valence-corrected chi connectivity index (χ0v) is 11.4. The quantitative estimate of drug-likeness (QED) is 0.741. The summed E-state index contributed by atoms with van der Waals surface area (Å²) in [5.41, 5.74) is 1.69. The minimum absolute atomic E-state index is 0.0705. The normalized spacial score (nSPS) is 22.4. The molecule has 1 heterocycles. The van der Waals surface area contributed by atoms with Crippen molar-refractivity contribution in [3.63, 3.8) is 0 Å². The van der Waals surface area contributed by atoms with E-state index in [1.54, 1.807) is 0 Å². The van der Waals surface area contributed by atoms with E-state index in [0.29, 0.717) is 6.54 Å². The molecule has 1 aliphatic heterocycles. The predicted octanol–water partition coefficient (Wildman–Crippen LogP) is 0.980. The van der Waals surface area contributed by atoms with E-state index in [9.17, 15) is 4.79 Å². The molecule has 1 fully saturated rings. The highest BCUT2D eigenvalue weighted by Crippen LogP contribution is 2.18. The summed E-state index contributed by atoms with van der Waals surface area (Å²) in [6.07, 6.45) is 2.78. The van der Waals surface area contributed by atoms with Crippen LogP contribution in [0.15, 0.2) is 24.3 Å². The number of nitrogens with one attached hydrogen (secondary N) is 2. The number of hydrogen-bond acceptors (Lipinski definition) is 3. The first-order valence-corrected chi connectivity index (χ1v) is 6.86. The molecule has 1 saturated heterocycles. The van der Waals surface area contributed by atoms with Crippen LogP contribution in [0.5, 0.6) is 0 Å². The molecule has 4 heteroatoms. The molecule has 1 aromatic rings. The van der Waals surface area contributed by atoms with Crippen LogP contribution in [0, 0.1) is 0 Å². The van der Waals surface area contributed by atoms with Crippen molar-refractivity contribution in [1.29, 1.82) is 0 Å². The van der Waals surface area contributed by atoms with E-state index < -0.39 is 0 Å². The van der Waals surface area contributed by atoms with Gasteiger partial charge in [0.2, 0.25) is 5.91 Å². The van der Waals surface area contributed by atoms with Gasteiger partial charge in [0, 0.05) is 6.54 Å². The number of aliphatic hydroxyl groups is 1. The number of benzene rings is 1. The summed E-state index contributed by atoms with van der Waals surface area (Å²) in [4.78, 5) is 12.1. The Morgan fingerprint density at radius 2 is 2.05 bits per heavy atom. The van der Waals surface area contributed by atoms with Crippen molar-refractivity contribution in [2.24, 2.45) is 0 Å². The molecule has 1 amide bonds. The molecule has 104 valence electrons. The number of amides is 1. The van der Waals surface area contributed by atoms with Crippen molar-refractivity contribution in [2.75, 3.05) is 13.1 Å². The minimum atomic E-state index is -0.388. The lowest BCUT2D eigenvalue weighted by Crippen LogP contribution is -2.51. The van der Waals surface area contributed by atoms with Crippen molar-refractivity contribution < 1.29 is 9.90 Å². The van der Waals surface area contributed by atoms with Crippen LogP contribution in [-0.2, 0) is 17.8 Å². The van der Waals surface area contributed by atoms with E-state index in [4.69, 9.17) is 5.11 Å². The highest BCUT2D eigenvalue weighted by molar-refractivity contribution is 5.86. The van der Waals surface area contributed by atoms with E-state index in [2.05, 4.69) is 10.6 Å². The van der Waals surface area contributed by atoms with Crippen LogP contribution in [0.4, 0.5) is 0 Å². The fourth-order valence-corrected chi connectivity index (χ4v) is 2.42. The molecule has 0 aliphatic carbocycles. The Bertz CT molecular complexity index is 422. The molecular formula is C15H22N2O2. The Labute approximate surface area is 114 Å². The highest BCUT2D eigenvalue weighted by atomic mass is 16.3. The van der Waals surface area contributed by atoms with Gasteiger partial charge in [-0.3, -0.25) is 4.79 Å². The van der Waals surface area contributed by atoms with E-state index >= 15 is 0 Å². The van der Waals surface area contributed by atoms with Crippen LogP contribution in [0.25, 0.3) is 0 Å². The van der Waals surface area contributed by atoms with Crippen molar-refractivity contribution in [2.45, 2.75) is 38.3 Å². The molecule has 0 bridgehead atoms. The number of carbonyl (C=O) groups excluding carboxylic acids is 1. The van der Waals surface area contributed by atoms with Gasteiger partial charge < -0.3 is 15.7 Å². The highest BCUT2D eigenvalue weighted by Gasteiger charge is 2.35. The van der Waals surface area contributed by atoms with Crippen LogP contribution >= 0.6 is 0 Å². The molecule has 1 aromatic carbocycles. The van der Waals surface area contributed by atoms with Gasteiger partial charge in [0.25, 0.3) is 0 Å². The molecular weight excluding hydrogens is 240 g/mol. The van der Waals surface area contributed by atoms with Crippen LogP contribution in [0.2, 0.25) is 0 Å². The molecule has 0 unspecified atom stereocenters. The molecule has 1 aliphatic rings. The molecule has 3 N–H and O–H groups in total. The summed E-state index contributed by atoms with van der Waals surface area (Å²) in [5, 5.41) is 15.2. The summed E-state index contributed by atoms with van der Waals surface area (Å²) >= 11 is 0. The monoisotopic (exact) mass is 262 g/mol. The molecule has 0 spiro atoms. The Balaban J connectivity index is 1.78. The summed E-state index contributed by atoms with van der Waals surface area (Å²) < 4.78 is 0. The third-order valence-electron chi connectivity index (χ3n) is 3.77. The van der Waals surface area contributed by atoms with Crippen molar-refractivity contribution in [1.82, 2.24) is 10.6 Å². The molecule has 0 radical (unpaired) electrons. The first-order valence-electron chi connectivity index (χ1n) is 6.86. The predicted molar refractivity (Wildman–Crippen MR) is 74.7 cm³/mol. The van der Waals surface area contributed by atoms with Gasteiger partial charge in [-0.15, -0.1) is 0 Å². The van der Waals surface area contributed by atoms with Crippen LogP contribution < -0.4 is 10.6 Å². The lowest BCUT2D eigenvalue weighted by molar-refractivity contribution is -0.126. The van der Waals surface area contributed by atoms with Gasteiger partial charge in [0.05, 0.1) is 12.1 Å². The second-order valence-corrected chi connectivity index (χ2v) is 5.34. The van der Waals surface area contributed by atoms with E-state index in [0.717, 1.165) is 31.4 Å². The Hall–Kier alpha value is -1.39. The molecule has 1 atom stereocenters. The first kappa shape index (κ1) is 14.0. The maximum atomic E-state index is 12.1. The zero-order valence-electron chi connectivity index (χ0n) is 11.4. The summed E-state index contributed by atoms with van der Waals surface area (Å²) in [5.74, 6) is 0.0944.